The van der Waals surface area contributed by atoms with Gasteiger partial charge in [-0.15, -0.1) is 0 Å². The van der Waals surface area contributed by atoms with Crippen molar-refractivity contribution >= 4 is 22.6 Å². The second-order valence-electron chi connectivity index (χ2n) is 4.04. The highest BCUT2D eigenvalue weighted by molar-refractivity contribution is 6.44. The standard InChI is InChI=1S/C12H10F2N2O2/c1-16(2)12(18)11(17)7-5-15-10-4-9(14)8(13)3-6(7)10/h3-5,15H,1-2H3. The van der Waals surface area contributed by atoms with Gasteiger partial charge in [0.25, 0.3) is 11.7 Å². The van der Waals surface area contributed by atoms with Crippen molar-refractivity contribution in [3.8, 4) is 0 Å². The van der Waals surface area contributed by atoms with Crippen LogP contribution >= 0.6 is 0 Å². The van der Waals surface area contributed by atoms with Crippen LogP contribution < -0.4 is 0 Å². The van der Waals surface area contributed by atoms with Crippen molar-refractivity contribution < 1.29 is 18.4 Å². The number of hydrogen-bond donors (Lipinski definition) is 1. The van der Waals surface area contributed by atoms with Gasteiger partial charge in [-0.3, -0.25) is 9.59 Å². The Morgan fingerprint density at radius 2 is 1.78 bits per heavy atom. The second-order valence-corrected chi connectivity index (χ2v) is 4.04. The van der Waals surface area contributed by atoms with Gasteiger partial charge in [0, 0.05) is 37.3 Å². The van der Waals surface area contributed by atoms with Gasteiger partial charge in [-0.2, -0.15) is 0 Å². The maximum Gasteiger partial charge on any atom is 0.294 e. The quantitative estimate of drug-likeness (QED) is 0.653. The molecule has 1 N–H and O–H groups in total. The van der Waals surface area contributed by atoms with Gasteiger partial charge in [0.05, 0.1) is 5.56 Å². The number of ketones is 1. The molecule has 1 aromatic carbocycles. The molecule has 0 aliphatic carbocycles. The van der Waals surface area contributed by atoms with E-state index in [1.165, 1.54) is 20.3 Å². The highest BCUT2D eigenvalue weighted by atomic mass is 19.2. The first kappa shape index (κ1) is 12.2. The number of hydrogen-bond acceptors (Lipinski definition) is 2. The summed E-state index contributed by atoms with van der Waals surface area (Å²) in [5, 5.41) is 0.189. The molecular weight excluding hydrogens is 242 g/mol. The first-order valence-corrected chi connectivity index (χ1v) is 5.14. The lowest BCUT2D eigenvalue weighted by Gasteiger charge is -2.07. The summed E-state index contributed by atoms with van der Waals surface area (Å²) < 4.78 is 26.1. The number of amides is 1. The number of aromatic amines is 1. The predicted molar refractivity (Wildman–Crippen MR) is 61.2 cm³/mol. The van der Waals surface area contributed by atoms with Gasteiger partial charge in [-0.1, -0.05) is 0 Å². The number of carbonyl (C=O) groups is 2. The number of fused-ring (bicyclic) bond motifs is 1. The van der Waals surface area contributed by atoms with Crippen molar-refractivity contribution in [2.24, 2.45) is 0 Å². The summed E-state index contributed by atoms with van der Waals surface area (Å²) in [6.07, 6.45) is 1.27. The zero-order chi connectivity index (χ0) is 13.4. The molecule has 94 valence electrons. The van der Waals surface area contributed by atoms with Crippen molar-refractivity contribution in [1.29, 1.82) is 0 Å². The van der Waals surface area contributed by atoms with Crippen LogP contribution in [0.4, 0.5) is 8.78 Å². The molecule has 0 aliphatic rings. The summed E-state index contributed by atoms with van der Waals surface area (Å²) in [6, 6.07) is 1.85. The molecule has 0 unspecified atom stereocenters. The Kier molecular flexibility index (Phi) is 2.86. The molecule has 1 aromatic heterocycles. The number of nitrogens with zero attached hydrogens (tertiary/aromatic N) is 1. The van der Waals surface area contributed by atoms with E-state index in [2.05, 4.69) is 4.98 Å². The topological polar surface area (TPSA) is 53.2 Å². The number of likely N-dealkylation sites (N-methyl/N-ethyl adjacent to an activating group) is 1. The molecule has 0 fully saturated rings. The number of halogens is 2. The van der Waals surface area contributed by atoms with Crippen LogP contribution in [0.2, 0.25) is 0 Å². The van der Waals surface area contributed by atoms with Gasteiger partial charge in [-0.05, 0) is 6.07 Å². The van der Waals surface area contributed by atoms with E-state index in [0.29, 0.717) is 0 Å². The van der Waals surface area contributed by atoms with Crippen LogP contribution in [0.15, 0.2) is 18.3 Å². The molecule has 1 heterocycles. The van der Waals surface area contributed by atoms with Crippen LogP contribution in [-0.4, -0.2) is 35.7 Å². The fraction of sp³-hybridized carbons (Fsp3) is 0.167. The first-order valence-electron chi connectivity index (χ1n) is 5.14. The van der Waals surface area contributed by atoms with E-state index >= 15 is 0 Å². The molecule has 4 nitrogen and oxygen atoms in total. The number of benzene rings is 1. The van der Waals surface area contributed by atoms with Crippen LogP contribution in [0.25, 0.3) is 10.9 Å². The predicted octanol–water partition coefficient (Wildman–Crippen LogP) is 1.72. The minimum absolute atomic E-state index is 0.0302. The molecule has 6 heteroatoms. The zero-order valence-electron chi connectivity index (χ0n) is 9.75. The maximum atomic E-state index is 13.1. The van der Waals surface area contributed by atoms with Crippen LogP contribution in [0.1, 0.15) is 10.4 Å². The van der Waals surface area contributed by atoms with Crippen molar-refractivity contribution in [3.05, 3.63) is 35.5 Å². The molecule has 2 aromatic rings. The lowest BCUT2D eigenvalue weighted by Crippen LogP contribution is -2.29. The van der Waals surface area contributed by atoms with E-state index in [9.17, 15) is 18.4 Å². The summed E-state index contributed by atoms with van der Waals surface area (Å²) in [7, 11) is 2.88. The van der Waals surface area contributed by atoms with Gasteiger partial charge >= 0.3 is 0 Å². The van der Waals surface area contributed by atoms with Gasteiger partial charge in [0.15, 0.2) is 11.6 Å². The number of nitrogens with one attached hydrogen (secondary N) is 1. The third-order valence-corrected chi connectivity index (χ3v) is 2.57. The summed E-state index contributed by atoms with van der Waals surface area (Å²) >= 11 is 0. The SMILES string of the molecule is CN(C)C(=O)C(=O)c1c[nH]c2cc(F)c(F)cc12. The average Bonchev–Trinajstić information content (AvgIpc) is 2.70. The summed E-state index contributed by atoms with van der Waals surface area (Å²) in [5.74, 6) is -3.56. The van der Waals surface area contributed by atoms with E-state index in [0.717, 1.165) is 17.0 Å². The average molecular weight is 252 g/mol. The molecule has 2 rings (SSSR count). The van der Waals surface area contributed by atoms with Crippen molar-refractivity contribution in [1.82, 2.24) is 9.88 Å². The highest BCUT2D eigenvalue weighted by Gasteiger charge is 2.22. The van der Waals surface area contributed by atoms with E-state index in [1.807, 2.05) is 0 Å². The Hall–Kier alpha value is -2.24. The normalized spacial score (nSPS) is 10.7. The minimum Gasteiger partial charge on any atom is -0.360 e. The van der Waals surface area contributed by atoms with Crippen molar-refractivity contribution in [2.75, 3.05) is 14.1 Å². The number of H-pyrrole nitrogens is 1. The lowest BCUT2D eigenvalue weighted by atomic mass is 10.1. The summed E-state index contributed by atoms with van der Waals surface area (Å²) in [6.45, 7) is 0. The third-order valence-electron chi connectivity index (χ3n) is 2.57. The Morgan fingerprint density at radius 3 is 2.39 bits per heavy atom. The Balaban J connectivity index is 2.56. The summed E-state index contributed by atoms with van der Waals surface area (Å²) in [5.41, 5.74) is 0.298. The Morgan fingerprint density at radius 1 is 1.17 bits per heavy atom. The van der Waals surface area contributed by atoms with Crippen LogP contribution in [-0.2, 0) is 4.79 Å². The molecule has 0 aliphatic heterocycles. The van der Waals surface area contributed by atoms with Gasteiger partial charge < -0.3 is 9.88 Å². The van der Waals surface area contributed by atoms with Gasteiger partial charge in [-0.25, -0.2) is 8.78 Å². The largest absolute Gasteiger partial charge is 0.360 e. The van der Waals surface area contributed by atoms with E-state index < -0.39 is 23.3 Å². The van der Waals surface area contributed by atoms with Crippen molar-refractivity contribution in [3.63, 3.8) is 0 Å². The van der Waals surface area contributed by atoms with Crippen molar-refractivity contribution in [2.45, 2.75) is 0 Å². The molecule has 18 heavy (non-hydrogen) atoms. The fourth-order valence-electron chi connectivity index (χ4n) is 1.62. The van der Waals surface area contributed by atoms with E-state index in [-0.39, 0.29) is 16.5 Å². The molecule has 0 saturated carbocycles. The Bertz CT molecular complexity index is 647. The molecule has 1 amide bonds. The van der Waals surface area contributed by atoms with Crippen LogP contribution in [0.3, 0.4) is 0 Å². The van der Waals surface area contributed by atoms with Crippen LogP contribution in [0.5, 0.6) is 0 Å². The number of carbonyl (C=O) groups excluding carboxylic acids is 2. The minimum atomic E-state index is -1.06. The fourth-order valence-corrected chi connectivity index (χ4v) is 1.62. The zero-order valence-corrected chi connectivity index (χ0v) is 9.75. The lowest BCUT2D eigenvalue weighted by molar-refractivity contribution is -0.124. The van der Waals surface area contributed by atoms with Gasteiger partial charge in [0.2, 0.25) is 0 Å². The second kappa shape index (κ2) is 4.21. The smallest absolute Gasteiger partial charge is 0.294 e. The number of aromatic nitrogens is 1. The molecule has 0 atom stereocenters. The molecule has 0 bridgehead atoms. The first-order chi connectivity index (χ1) is 8.41. The molecule has 0 radical (unpaired) electrons. The number of Topliss-reactive ketones (excluding diaryl/α,β-unsaturated/α-hetero) is 1. The maximum absolute atomic E-state index is 13.1. The number of rotatable bonds is 2. The summed E-state index contributed by atoms with van der Waals surface area (Å²) in [4.78, 5) is 27.1. The Labute approximate surface area is 101 Å². The third kappa shape index (κ3) is 1.85. The monoisotopic (exact) mass is 252 g/mol. The van der Waals surface area contributed by atoms with Crippen LogP contribution in [0, 0.1) is 11.6 Å². The molecule has 0 spiro atoms. The highest BCUT2D eigenvalue weighted by Crippen LogP contribution is 2.22. The molecular formula is C12H10F2N2O2. The molecule has 0 saturated heterocycles. The van der Waals surface area contributed by atoms with Gasteiger partial charge in [0.1, 0.15) is 0 Å². The van der Waals surface area contributed by atoms with E-state index in [4.69, 9.17) is 0 Å². The van der Waals surface area contributed by atoms with E-state index in [1.54, 1.807) is 0 Å².